The third-order valence-corrected chi connectivity index (χ3v) is 4.26. The van der Waals surface area contributed by atoms with Crippen LogP contribution < -0.4 is 0 Å². The topological polar surface area (TPSA) is 69.9 Å². The van der Waals surface area contributed by atoms with E-state index in [9.17, 15) is 4.79 Å². The molecule has 0 N–H and O–H groups in total. The number of nitrogens with zero attached hydrogens (tertiary/aromatic N) is 4. The summed E-state index contributed by atoms with van der Waals surface area (Å²) in [6.45, 7) is 1.74. The molecule has 0 spiro atoms. The Morgan fingerprint density at radius 3 is 2.58 bits per heavy atom. The average Bonchev–Trinajstić information content (AvgIpc) is 3.07. The number of carbonyl (C=O) groups is 1. The molecule has 0 radical (unpaired) electrons. The second-order valence-electron chi connectivity index (χ2n) is 5.40. The lowest BCUT2D eigenvalue weighted by Gasteiger charge is -2.09. The van der Waals surface area contributed by atoms with Crippen molar-refractivity contribution in [2.45, 2.75) is 13.5 Å². The van der Waals surface area contributed by atoms with Gasteiger partial charge in [0, 0.05) is 0 Å². The van der Waals surface area contributed by atoms with Crippen molar-refractivity contribution in [1.82, 2.24) is 20.2 Å². The van der Waals surface area contributed by atoms with E-state index in [2.05, 4.69) is 15.5 Å². The molecule has 0 fully saturated rings. The number of aryl methyl sites for hydroxylation is 1. The fourth-order valence-corrected chi connectivity index (χ4v) is 2.54. The molecule has 132 valence electrons. The number of benzene rings is 2. The summed E-state index contributed by atoms with van der Waals surface area (Å²) in [5.41, 5.74) is 1.75. The molecule has 0 saturated heterocycles. The van der Waals surface area contributed by atoms with Gasteiger partial charge in [0.25, 0.3) is 0 Å². The van der Waals surface area contributed by atoms with Crippen LogP contribution in [0.25, 0.3) is 11.8 Å². The average molecular weight is 389 g/mol. The van der Waals surface area contributed by atoms with E-state index in [0.717, 1.165) is 11.1 Å². The van der Waals surface area contributed by atoms with Gasteiger partial charge in [-0.25, -0.2) is 4.79 Å². The van der Waals surface area contributed by atoms with E-state index in [0.29, 0.717) is 15.9 Å². The van der Waals surface area contributed by atoms with Crippen LogP contribution in [-0.4, -0.2) is 26.2 Å². The lowest BCUT2D eigenvalue weighted by Crippen LogP contribution is -2.15. The first-order chi connectivity index (χ1) is 12.5. The Labute approximate surface area is 160 Å². The van der Waals surface area contributed by atoms with E-state index in [4.69, 9.17) is 27.9 Å². The maximum absolute atomic E-state index is 12.7. The van der Waals surface area contributed by atoms with Gasteiger partial charge in [-0.1, -0.05) is 59.6 Å². The lowest BCUT2D eigenvalue weighted by atomic mass is 10.2. The SMILES string of the molecule is Cc1nnnn1/C(=C\c1ccccc1)C(=O)OCc1ccc(Cl)c(Cl)c1. The highest BCUT2D eigenvalue weighted by molar-refractivity contribution is 6.42. The van der Waals surface area contributed by atoms with Crippen molar-refractivity contribution >= 4 is 40.9 Å². The number of esters is 1. The molecule has 0 saturated carbocycles. The van der Waals surface area contributed by atoms with Crippen LogP contribution in [0.15, 0.2) is 48.5 Å². The van der Waals surface area contributed by atoms with Crippen LogP contribution in [0, 0.1) is 6.92 Å². The van der Waals surface area contributed by atoms with Crippen LogP contribution in [0.3, 0.4) is 0 Å². The Bertz CT molecular complexity index is 955. The molecular weight excluding hydrogens is 375 g/mol. The molecule has 3 rings (SSSR count). The third kappa shape index (κ3) is 4.28. The van der Waals surface area contributed by atoms with Gasteiger partial charge in [-0.15, -0.1) is 5.10 Å². The Morgan fingerprint density at radius 2 is 1.92 bits per heavy atom. The van der Waals surface area contributed by atoms with Crippen LogP contribution in [0.5, 0.6) is 0 Å². The summed E-state index contributed by atoms with van der Waals surface area (Å²) in [4.78, 5) is 12.7. The summed E-state index contributed by atoms with van der Waals surface area (Å²) in [5, 5.41) is 12.1. The molecule has 1 heterocycles. The first-order valence-electron chi connectivity index (χ1n) is 7.68. The maximum atomic E-state index is 12.7. The van der Waals surface area contributed by atoms with E-state index in [-0.39, 0.29) is 12.3 Å². The van der Waals surface area contributed by atoms with E-state index < -0.39 is 5.97 Å². The second kappa shape index (κ2) is 8.12. The molecule has 3 aromatic rings. The smallest absolute Gasteiger partial charge is 0.357 e. The van der Waals surface area contributed by atoms with Crippen LogP contribution in [-0.2, 0) is 16.1 Å². The lowest BCUT2D eigenvalue weighted by molar-refractivity contribution is -0.138. The minimum atomic E-state index is -0.560. The van der Waals surface area contributed by atoms with E-state index >= 15 is 0 Å². The van der Waals surface area contributed by atoms with Crippen molar-refractivity contribution in [1.29, 1.82) is 0 Å². The zero-order valence-corrected chi connectivity index (χ0v) is 15.3. The fraction of sp³-hybridized carbons (Fsp3) is 0.111. The molecule has 6 nitrogen and oxygen atoms in total. The summed E-state index contributed by atoms with van der Waals surface area (Å²) in [5.74, 6) is -0.0889. The normalized spacial score (nSPS) is 11.4. The number of aromatic nitrogens is 4. The summed E-state index contributed by atoms with van der Waals surface area (Å²) in [6.07, 6.45) is 1.67. The minimum Gasteiger partial charge on any atom is -0.456 e. The highest BCUT2D eigenvalue weighted by Crippen LogP contribution is 2.23. The maximum Gasteiger partial charge on any atom is 0.357 e. The van der Waals surface area contributed by atoms with Gasteiger partial charge in [-0.05, 0) is 46.7 Å². The van der Waals surface area contributed by atoms with Gasteiger partial charge in [0.05, 0.1) is 10.0 Å². The number of rotatable bonds is 5. The van der Waals surface area contributed by atoms with Gasteiger partial charge < -0.3 is 4.74 Å². The number of hydrogen-bond donors (Lipinski definition) is 0. The highest BCUT2D eigenvalue weighted by atomic mass is 35.5. The van der Waals surface area contributed by atoms with Gasteiger partial charge in [0.1, 0.15) is 6.61 Å². The predicted octanol–water partition coefficient (Wildman–Crippen LogP) is 4.03. The van der Waals surface area contributed by atoms with E-state index in [1.54, 1.807) is 31.2 Å². The van der Waals surface area contributed by atoms with Gasteiger partial charge >= 0.3 is 5.97 Å². The first-order valence-corrected chi connectivity index (χ1v) is 8.43. The monoisotopic (exact) mass is 388 g/mol. The zero-order chi connectivity index (χ0) is 18.5. The molecular formula is C18H14Cl2N4O2. The summed E-state index contributed by atoms with van der Waals surface area (Å²) in [7, 11) is 0. The van der Waals surface area contributed by atoms with Gasteiger partial charge in [0.15, 0.2) is 11.5 Å². The molecule has 1 aromatic heterocycles. The Kier molecular flexibility index (Phi) is 5.65. The number of carbonyl (C=O) groups excluding carboxylic acids is 1. The number of hydrogen-bond acceptors (Lipinski definition) is 5. The van der Waals surface area contributed by atoms with Crippen molar-refractivity contribution < 1.29 is 9.53 Å². The fourth-order valence-electron chi connectivity index (χ4n) is 2.22. The Balaban J connectivity index is 1.84. The third-order valence-electron chi connectivity index (χ3n) is 3.52. The van der Waals surface area contributed by atoms with Gasteiger partial charge in [0.2, 0.25) is 0 Å². The second-order valence-corrected chi connectivity index (χ2v) is 6.22. The van der Waals surface area contributed by atoms with Crippen molar-refractivity contribution in [3.8, 4) is 0 Å². The zero-order valence-electron chi connectivity index (χ0n) is 13.8. The molecule has 0 aliphatic rings. The summed E-state index contributed by atoms with van der Waals surface area (Å²) < 4.78 is 6.75. The van der Waals surface area contributed by atoms with Gasteiger partial charge in [-0.3, -0.25) is 0 Å². The quantitative estimate of drug-likeness (QED) is 0.487. The van der Waals surface area contributed by atoms with Crippen LogP contribution in [0.1, 0.15) is 17.0 Å². The summed E-state index contributed by atoms with van der Waals surface area (Å²) >= 11 is 11.9. The molecule has 0 atom stereocenters. The first kappa shape index (κ1) is 18.1. The van der Waals surface area contributed by atoms with E-state index in [1.807, 2.05) is 30.3 Å². The largest absolute Gasteiger partial charge is 0.456 e. The Morgan fingerprint density at radius 1 is 1.15 bits per heavy atom. The minimum absolute atomic E-state index is 0.0447. The molecule has 2 aromatic carbocycles. The molecule has 0 bridgehead atoms. The van der Waals surface area contributed by atoms with E-state index in [1.165, 1.54) is 4.68 Å². The molecule has 0 amide bonds. The number of halogens is 2. The van der Waals surface area contributed by atoms with Gasteiger partial charge in [-0.2, -0.15) is 4.68 Å². The Hall–Kier alpha value is -2.70. The molecule has 0 aliphatic heterocycles. The number of tetrazole rings is 1. The van der Waals surface area contributed by atoms with Crippen LogP contribution >= 0.6 is 23.2 Å². The standard InChI is InChI=1S/C18H14Cl2N4O2/c1-12-21-22-23-24(12)17(10-13-5-3-2-4-6-13)18(25)26-11-14-7-8-15(19)16(20)9-14/h2-10H,11H2,1H3/b17-10-. The van der Waals surface area contributed by atoms with Crippen molar-refractivity contribution in [2.75, 3.05) is 0 Å². The highest BCUT2D eigenvalue weighted by Gasteiger charge is 2.18. The number of ether oxygens (including phenoxy) is 1. The van der Waals surface area contributed by atoms with Crippen molar-refractivity contribution in [2.24, 2.45) is 0 Å². The summed E-state index contributed by atoms with van der Waals surface area (Å²) in [6, 6.07) is 14.4. The van der Waals surface area contributed by atoms with Crippen LogP contribution in [0.4, 0.5) is 0 Å². The molecule has 8 heteroatoms. The van der Waals surface area contributed by atoms with Crippen LogP contribution in [0.2, 0.25) is 10.0 Å². The predicted molar refractivity (Wildman–Crippen MR) is 99.4 cm³/mol. The van der Waals surface area contributed by atoms with Crippen molar-refractivity contribution in [3.63, 3.8) is 0 Å². The molecule has 26 heavy (non-hydrogen) atoms. The molecule has 0 unspecified atom stereocenters. The molecule has 0 aliphatic carbocycles. The van der Waals surface area contributed by atoms with Crippen molar-refractivity contribution in [3.05, 3.63) is 75.5 Å².